The molecule has 36 heavy (non-hydrogen) atoms. The van der Waals surface area contributed by atoms with Crippen LogP contribution in [-0.4, -0.2) is 90.8 Å². The fourth-order valence-corrected chi connectivity index (χ4v) is 5.48. The monoisotopic (exact) mass is 489 g/mol. The second-order valence-electron chi connectivity index (χ2n) is 9.83. The van der Waals surface area contributed by atoms with Crippen LogP contribution in [0, 0.1) is 0 Å². The van der Waals surface area contributed by atoms with Crippen LogP contribution in [0.5, 0.6) is 0 Å². The highest BCUT2D eigenvalue weighted by Gasteiger charge is 2.41. The first-order valence-electron chi connectivity index (χ1n) is 13.1. The molecule has 2 aromatic carbocycles. The number of hydrogen-bond acceptors (Lipinski definition) is 5. The van der Waals surface area contributed by atoms with E-state index < -0.39 is 6.04 Å². The second kappa shape index (κ2) is 10.8. The third-order valence-electron chi connectivity index (χ3n) is 7.67. The van der Waals surface area contributed by atoms with Crippen molar-refractivity contribution in [2.75, 3.05) is 57.3 Å². The Hall–Kier alpha value is -3.23. The van der Waals surface area contributed by atoms with E-state index >= 15 is 0 Å². The highest BCUT2D eigenvalue weighted by molar-refractivity contribution is 6.11. The SMILES string of the molecule is CCN1CCN(CCNC(=O)c2ccc(CN3C(=O)[C@H]4CCCN4C(=O)c4ccccc43)cc2)CC1. The molecule has 2 saturated heterocycles. The van der Waals surface area contributed by atoms with Crippen LogP contribution in [0.25, 0.3) is 0 Å². The molecule has 0 radical (unpaired) electrons. The van der Waals surface area contributed by atoms with Crippen LogP contribution < -0.4 is 10.2 Å². The summed E-state index contributed by atoms with van der Waals surface area (Å²) < 4.78 is 0. The summed E-state index contributed by atoms with van der Waals surface area (Å²) in [6, 6.07) is 14.4. The first-order valence-corrected chi connectivity index (χ1v) is 13.1. The molecule has 2 aromatic rings. The average Bonchev–Trinajstić information content (AvgIpc) is 3.39. The van der Waals surface area contributed by atoms with Crippen LogP contribution in [-0.2, 0) is 11.3 Å². The Morgan fingerprint density at radius 3 is 2.42 bits per heavy atom. The van der Waals surface area contributed by atoms with Gasteiger partial charge in [0, 0.05) is 51.4 Å². The summed E-state index contributed by atoms with van der Waals surface area (Å²) in [6.07, 6.45) is 1.54. The minimum absolute atomic E-state index is 0.0348. The summed E-state index contributed by atoms with van der Waals surface area (Å²) >= 11 is 0. The smallest absolute Gasteiger partial charge is 0.256 e. The lowest BCUT2D eigenvalue weighted by Gasteiger charge is -2.33. The van der Waals surface area contributed by atoms with Gasteiger partial charge in [-0.05, 0) is 49.2 Å². The molecule has 0 saturated carbocycles. The third-order valence-corrected chi connectivity index (χ3v) is 7.67. The average molecular weight is 490 g/mol. The van der Waals surface area contributed by atoms with E-state index in [1.165, 1.54) is 0 Å². The maximum absolute atomic E-state index is 13.5. The molecule has 3 aliphatic heterocycles. The van der Waals surface area contributed by atoms with Crippen LogP contribution in [0.15, 0.2) is 48.5 Å². The predicted molar refractivity (Wildman–Crippen MR) is 139 cm³/mol. The van der Waals surface area contributed by atoms with Crippen molar-refractivity contribution in [3.63, 3.8) is 0 Å². The molecular formula is C28H35N5O3. The van der Waals surface area contributed by atoms with E-state index in [0.29, 0.717) is 42.9 Å². The Morgan fingerprint density at radius 1 is 0.944 bits per heavy atom. The molecule has 0 aromatic heterocycles. The fourth-order valence-electron chi connectivity index (χ4n) is 5.48. The van der Waals surface area contributed by atoms with E-state index in [1.54, 1.807) is 15.9 Å². The zero-order chi connectivity index (χ0) is 25.1. The number of hydrogen-bond donors (Lipinski definition) is 1. The molecule has 190 valence electrons. The lowest BCUT2D eigenvalue weighted by molar-refractivity contribution is -0.122. The van der Waals surface area contributed by atoms with E-state index in [9.17, 15) is 14.4 Å². The van der Waals surface area contributed by atoms with Crippen molar-refractivity contribution in [1.29, 1.82) is 0 Å². The van der Waals surface area contributed by atoms with E-state index in [4.69, 9.17) is 0 Å². The Labute approximate surface area is 212 Å². The van der Waals surface area contributed by atoms with Gasteiger partial charge in [-0.1, -0.05) is 31.2 Å². The lowest BCUT2D eigenvalue weighted by Crippen LogP contribution is -2.48. The number of fused-ring (bicyclic) bond motifs is 2. The molecular weight excluding hydrogens is 454 g/mol. The van der Waals surface area contributed by atoms with Gasteiger partial charge in [0.05, 0.1) is 17.8 Å². The number of para-hydroxylation sites is 1. The standard InChI is InChI=1S/C28H35N5O3/c1-2-30-16-18-31(19-17-30)15-13-29-26(34)22-11-9-21(10-12-22)20-33-24-7-4-3-6-23(24)27(35)32-14-5-8-25(32)28(33)36/h3-4,6-7,9-12,25H,2,5,8,13-20H2,1H3,(H,29,34)/t25-/m1/s1. The van der Waals surface area contributed by atoms with Crippen molar-refractivity contribution in [1.82, 2.24) is 20.0 Å². The maximum atomic E-state index is 13.5. The number of benzene rings is 2. The molecule has 0 unspecified atom stereocenters. The fraction of sp³-hybridized carbons (Fsp3) is 0.464. The van der Waals surface area contributed by atoms with Gasteiger partial charge in [0.15, 0.2) is 0 Å². The van der Waals surface area contributed by atoms with Crippen LogP contribution in [0.1, 0.15) is 46.0 Å². The molecule has 0 spiro atoms. The molecule has 0 bridgehead atoms. The van der Waals surface area contributed by atoms with Gasteiger partial charge in [0.2, 0.25) is 5.91 Å². The molecule has 1 N–H and O–H groups in total. The van der Waals surface area contributed by atoms with Gasteiger partial charge in [-0.3, -0.25) is 19.3 Å². The number of nitrogens with one attached hydrogen (secondary N) is 1. The van der Waals surface area contributed by atoms with E-state index in [1.807, 2.05) is 42.5 Å². The summed E-state index contributed by atoms with van der Waals surface area (Å²) in [4.78, 5) is 47.5. The van der Waals surface area contributed by atoms with Gasteiger partial charge in [-0.15, -0.1) is 0 Å². The number of nitrogens with zero attached hydrogens (tertiary/aromatic N) is 4. The van der Waals surface area contributed by atoms with Crippen LogP contribution >= 0.6 is 0 Å². The minimum atomic E-state index is -0.403. The Balaban J connectivity index is 1.21. The van der Waals surface area contributed by atoms with Gasteiger partial charge >= 0.3 is 0 Å². The Bertz CT molecular complexity index is 1110. The quantitative estimate of drug-likeness (QED) is 0.646. The number of rotatable bonds is 7. The number of piperazine rings is 1. The molecule has 3 amide bonds. The maximum Gasteiger partial charge on any atom is 0.256 e. The number of carbonyl (C=O) groups is 3. The van der Waals surface area contributed by atoms with Gasteiger partial charge in [0.1, 0.15) is 6.04 Å². The van der Waals surface area contributed by atoms with Crippen LogP contribution in [0.3, 0.4) is 0 Å². The molecule has 3 heterocycles. The van der Waals surface area contributed by atoms with Crippen LogP contribution in [0.2, 0.25) is 0 Å². The van der Waals surface area contributed by atoms with Crippen LogP contribution in [0.4, 0.5) is 5.69 Å². The Morgan fingerprint density at radius 2 is 1.67 bits per heavy atom. The number of anilines is 1. The topological polar surface area (TPSA) is 76.2 Å². The van der Waals surface area contributed by atoms with Crippen molar-refractivity contribution < 1.29 is 14.4 Å². The molecule has 8 nitrogen and oxygen atoms in total. The second-order valence-corrected chi connectivity index (χ2v) is 9.83. The van der Waals surface area contributed by atoms with Gasteiger partial charge in [-0.2, -0.15) is 0 Å². The van der Waals surface area contributed by atoms with E-state index in [2.05, 4.69) is 22.0 Å². The summed E-state index contributed by atoms with van der Waals surface area (Å²) in [5.74, 6) is -0.187. The van der Waals surface area contributed by atoms with E-state index in [-0.39, 0.29) is 17.7 Å². The van der Waals surface area contributed by atoms with E-state index in [0.717, 1.165) is 51.3 Å². The van der Waals surface area contributed by atoms with Gasteiger partial charge in [0.25, 0.3) is 11.8 Å². The Kier molecular flexibility index (Phi) is 7.34. The van der Waals surface area contributed by atoms with Crippen molar-refractivity contribution in [3.05, 3.63) is 65.2 Å². The molecule has 5 rings (SSSR count). The summed E-state index contributed by atoms with van der Waals surface area (Å²) in [5.41, 5.74) is 2.75. The first kappa shape index (κ1) is 24.5. The lowest BCUT2D eigenvalue weighted by atomic mass is 10.1. The number of likely N-dealkylation sites (N-methyl/N-ethyl adjacent to an activating group) is 1. The largest absolute Gasteiger partial charge is 0.351 e. The van der Waals surface area contributed by atoms with Crippen molar-refractivity contribution in [3.8, 4) is 0 Å². The minimum Gasteiger partial charge on any atom is -0.351 e. The third kappa shape index (κ3) is 5.01. The molecule has 1 atom stereocenters. The van der Waals surface area contributed by atoms with Crippen molar-refractivity contribution in [2.45, 2.75) is 32.4 Å². The summed E-state index contributed by atoms with van der Waals surface area (Å²) in [6.45, 7) is 10.0. The van der Waals surface area contributed by atoms with Gasteiger partial charge < -0.3 is 20.0 Å². The summed E-state index contributed by atoms with van der Waals surface area (Å²) in [7, 11) is 0. The molecule has 3 aliphatic rings. The normalized spacial score (nSPS) is 20.8. The zero-order valence-electron chi connectivity index (χ0n) is 21.0. The molecule has 2 fully saturated rings. The molecule has 8 heteroatoms. The molecule has 0 aliphatic carbocycles. The zero-order valence-corrected chi connectivity index (χ0v) is 21.0. The predicted octanol–water partition coefficient (Wildman–Crippen LogP) is 2.21. The summed E-state index contributed by atoms with van der Waals surface area (Å²) in [5, 5.41) is 3.03. The highest BCUT2D eigenvalue weighted by atomic mass is 16.2. The highest BCUT2D eigenvalue weighted by Crippen LogP contribution is 2.33. The van der Waals surface area contributed by atoms with Gasteiger partial charge in [-0.25, -0.2) is 0 Å². The van der Waals surface area contributed by atoms with Crippen molar-refractivity contribution in [2.24, 2.45) is 0 Å². The number of amides is 3. The first-order chi connectivity index (χ1) is 17.5. The number of carbonyl (C=O) groups excluding carboxylic acids is 3. The van der Waals surface area contributed by atoms with Crippen molar-refractivity contribution >= 4 is 23.4 Å².